The maximum Gasteiger partial charge on any atom is 0.249 e. The number of nitrogens with one attached hydrogen (secondary N) is 1. The van der Waals surface area contributed by atoms with Crippen molar-refractivity contribution in [3.05, 3.63) is 0 Å². The Morgan fingerprint density at radius 1 is 1.41 bits per heavy atom. The molecule has 104 valence electrons. The highest BCUT2D eigenvalue weighted by atomic mass is 35.5. The van der Waals surface area contributed by atoms with Crippen LogP contribution in [0, 0.1) is 0 Å². The molecule has 1 amide bonds. The van der Waals surface area contributed by atoms with Crippen LogP contribution in [0.2, 0.25) is 0 Å². The van der Waals surface area contributed by atoms with Gasteiger partial charge in [0.2, 0.25) is 5.91 Å². The molecule has 0 fully saturated rings. The molecular formula is C11H25ClN2O3. The van der Waals surface area contributed by atoms with Crippen molar-refractivity contribution in [2.45, 2.75) is 39.3 Å². The summed E-state index contributed by atoms with van der Waals surface area (Å²) in [6.45, 7) is 9.36. The zero-order valence-corrected chi connectivity index (χ0v) is 11.9. The fourth-order valence-corrected chi connectivity index (χ4v) is 0.990. The Bertz CT molecular complexity index is 213. The number of nitrogens with two attached hydrogens (primary N) is 1. The average Bonchev–Trinajstić information content (AvgIpc) is 2.23. The molecule has 0 saturated carbocycles. The van der Waals surface area contributed by atoms with Gasteiger partial charge >= 0.3 is 0 Å². The predicted molar refractivity (Wildman–Crippen MR) is 70.4 cm³/mol. The summed E-state index contributed by atoms with van der Waals surface area (Å²) in [6, 6.07) is 0. The minimum Gasteiger partial charge on any atom is -0.379 e. The van der Waals surface area contributed by atoms with Crippen LogP contribution in [0.3, 0.4) is 0 Å². The molecule has 0 aliphatic heterocycles. The van der Waals surface area contributed by atoms with Gasteiger partial charge in [0.15, 0.2) is 0 Å². The molecule has 6 heteroatoms. The first-order valence-corrected chi connectivity index (χ1v) is 5.64. The molecule has 0 heterocycles. The maximum atomic E-state index is 11.6. The third-order valence-electron chi connectivity index (χ3n) is 2.14. The Morgan fingerprint density at radius 3 is 2.47 bits per heavy atom. The highest BCUT2D eigenvalue weighted by Gasteiger charge is 2.22. The van der Waals surface area contributed by atoms with Gasteiger partial charge in [-0.15, -0.1) is 12.4 Å². The summed E-state index contributed by atoms with van der Waals surface area (Å²) < 4.78 is 10.4. The number of hydrogen-bond acceptors (Lipinski definition) is 4. The van der Waals surface area contributed by atoms with Gasteiger partial charge in [0.05, 0.1) is 13.2 Å². The molecule has 0 aromatic heterocycles. The van der Waals surface area contributed by atoms with E-state index >= 15 is 0 Å². The van der Waals surface area contributed by atoms with Gasteiger partial charge < -0.3 is 20.5 Å². The average molecular weight is 269 g/mol. The van der Waals surface area contributed by atoms with E-state index in [9.17, 15) is 4.79 Å². The standard InChI is InChI=1S/C11H24N2O3.ClH/c1-5-15-6-7-16-9(2)10(14)13-11(3,4)8-12;/h9H,5-8,12H2,1-4H3,(H,13,14);1H. The van der Waals surface area contributed by atoms with Crippen molar-refractivity contribution in [3.8, 4) is 0 Å². The smallest absolute Gasteiger partial charge is 0.249 e. The second-order valence-corrected chi connectivity index (χ2v) is 4.29. The van der Waals surface area contributed by atoms with Crippen molar-refractivity contribution < 1.29 is 14.3 Å². The highest BCUT2D eigenvalue weighted by molar-refractivity contribution is 5.85. The molecule has 5 nitrogen and oxygen atoms in total. The van der Waals surface area contributed by atoms with Crippen molar-refractivity contribution in [1.29, 1.82) is 0 Å². The second-order valence-electron chi connectivity index (χ2n) is 4.29. The number of carbonyl (C=O) groups is 1. The summed E-state index contributed by atoms with van der Waals surface area (Å²) in [6.07, 6.45) is -0.480. The number of ether oxygens (including phenoxy) is 2. The molecule has 0 bridgehead atoms. The minimum absolute atomic E-state index is 0. The summed E-state index contributed by atoms with van der Waals surface area (Å²) in [5, 5.41) is 2.82. The largest absolute Gasteiger partial charge is 0.379 e. The molecular weight excluding hydrogens is 244 g/mol. The molecule has 0 radical (unpaired) electrons. The van der Waals surface area contributed by atoms with Crippen LogP contribution in [0.1, 0.15) is 27.7 Å². The number of hydrogen-bond donors (Lipinski definition) is 2. The fraction of sp³-hybridized carbons (Fsp3) is 0.909. The van der Waals surface area contributed by atoms with Crippen molar-refractivity contribution in [3.63, 3.8) is 0 Å². The highest BCUT2D eigenvalue weighted by Crippen LogP contribution is 2.01. The van der Waals surface area contributed by atoms with E-state index in [1.54, 1.807) is 6.92 Å². The summed E-state index contributed by atoms with van der Waals surface area (Å²) in [5.74, 6) is -0.146. The molecule has 0 rings (SSSR count). The summed E-state index contributed by atoms with van der Waals surface area (Å²) in [4.78, 5) is 11.6. The first-order valence-electron chi connectivity index (χ1n) is 5.64. The van der Waals surface area contributed by atoms with E-state index in [2.05, 4.69) is 5.32 Å². The molecule has 17 heavy (non-hydrogen) atoms. The lowest BCUT2D eigenvalue weighted by Gasteiger charge is -2.26. The van der Waals surface area contributed by atoms with Crippen LogP contribution in [0.15, 0.2) is 0 Å². The predicted octanol–water partition coefficient (Wildman–Crippen LogP) is 0.703. The van der Waals surface area contributed by atoms with Crippen LogP contribution < -0.4 is 11.1 Å². The van der Waals surface area contributed by atoms with Crippen LogP contribution >= 0.6 is 12.4 Å². The topological polar surface area (TPSA) is 73.6 Å². The summed E-state index contributed by atoms with van der Waals surface area (Å²) in [5.41, 5.74) is 5.12. The van der Waals surface area contributed by atoms with E-state index < -0.39 is 11.6 Å². The monoisotopic (exact) mass is 268 g/mol. The Kier molecular flexibility index (Phi) is 10.8. The third kappa shape index (κ3) is 9.35. The Hall–Kier alpha value is -0.360. The first kappa shape index (κ1) is 19.0. The van der Waals surface area contributed by atoms with Gasteiger partial charge in [-0.1, -0.05) is 0 Å². The lowest BCUT2D eigenvalue weighted by atomic mass is 10.1. The van der Waals surface area contributed by atoms with Crippen LogP contribution in [0.4, 0.5) is 0 Å². The molecule has 0 aliphatic rings. The lowest BCUT2D eigenvalue weighted by molar-refractivity contribution is -0.134. The van der Waals surface area contributed by atoms with E-state index in [0.29, 0.717) is 26.4 Å². The molecule has 3 N–H and O–H groups in total. The quantitative estimate of drug-likeness (QED) is 0.636. The number of amides is 1. The Balaban J connectivity index is 0. The number of carbonyl (C=O) groups excluding carboxylic acids is 1. The SMILES string of the molecule is CCOCCOC(C)C(=O)NC(C)(C)CN.Cl. The van der Waals surface area contributed by atoms with E-state index in [0.717, 1.165) is 0 Å². The first-order chi connectivity index (χ1) is 7.43. The zero-order chi connectivity index (χ0) is 12.6. The zero-order valence-electron chi connectivity index (χ0n) is 11.1. The van der Waals surface area contributed by atoms with Crippen LogP contribution in [-0.2, 0) is 14.3 Å². The van der Waals surface area contributed by atoms with Gasteiger partial charge in [0.25, 0.3) is 0 Å². The van der Waals surface area contributed by atoms with E-state index in [1.165, 1.54) is 0 Å². The van der Waals surface area contributed by atoms with Gasteiger partial charge in [-0.2, -0.15) is 0 Å². The van der Waals surface area contributed by atoms with Crippen molar-refractivity contribution >= 4 is 18.3 Å². The Morgan fingerprint density at radius 2 is 2.00 bits per heavy atom. The fourth-order valence-electron chi connectivity index (χ4n) is 0.990. The van der Waals surface area contributed by atoms with Crippen molar-refractivity contribution in [2.75, 3.05) is 26.4 Å². The lowest BCUT2D eigenvalue weighted by Crippen LogP contribution is -2.52. The Labute approximate surface area is 110 Å². The molecule has 1 atom stereocenters. The summed E-state index contributed by atoms with van der Waals surface area (Å²) in [7, 11) is 0. The second kappa shape index (κ2) is 9.65. The third-order valence-corrected chi connectivity index (χ3v) is 2.14. The van der Waals surface area contributed by atoms with Gasteiger partial charge in [-0.25, -0.2) is 0 Å². The maximum absolute atomic E-state index is 11.6. The van der Waals surface area contributed by atoms with E-state index in [4.69, 9.17) is 15.2 Å². The van der Waals surface area contributed by atoms with Crippen molar-refractivity contribution in [1.82, 2.24) is 5.32 Å². The molecule has 0 aromatic carbocycles. The van der Waals surface area contributed by atoms with Crippen LogP contribution in [0.5, 0.6) is 0 Å². The number of rotatable bonds is 8. The molecule has 0 aromatic rings. The van der Waals surface area contributed by atoms with E-state index in [-0.39, 0.29) is 18.3 Å². The van der Waals surface area contributed by atoms with Gasteiger partial charge in [-0.05, 0) is 27.7 Å². The minimum atomic E-state index is -0.480. The van der Waals surface area contributed by atoms with E-state index in [1.807, 2.05) is 20.8 Å². The molecule has 0 aliphatic carbocycles. The van der Waals surface area contributed by atoms with Gasteiger partial charge in [0, 0.05) is 18.7 Å². The van der Waals surface area contributed by atoms with Gasteiger partial charge in [0.1, 0.15) is 6.10 Å². The normalized spacial score (nSPS) is 12.8. The number of halogens is 1. The van der Waals surface area contributed by atoms with Crippen LogP contribution in [-0.4, -0.2) is 43.9 Å². The molecule has 0 saturated heterocycles. The molecule has 0 spiro atoms. The van der Waals surface area contributed by atoms with Crippen molar-refractivity contribution in [2.24, 2.45) is 5.73 Å². The summed E-state index contributed by atoms with van der Waals surface area (Å²) >= 11 is 0. The molecule has 1 unspecified atom stereocenters. The van der Waals surface area contributed by atoms with Crippen LogP contribution in [0.25, 0.3) is 0 Å². The van der Waals surface area contributed by atoms with Gasteiger partial charge in [-0.3, -0.25) is 4.79 Å².